The highest BCUT2D eigenvalue weighted by Crippen LogP contribution is 2.28. The van der Waals surface area contributed by atoms with E-state index in [4.69, 9.17) is 9.47 Å². The number of benzene rings is 1. The summed E-state index contributed by atoms with van der Waals surface area (Å²) in [7, 11) is 3.10. The van der Waals surface area contributed by atoms with Gasteiger partial charge in [0, 0.05) is 6.07 Å². The third-order valence-electron chi connectivity index (χ3n) is 1.62. The van der Waals surface area contributed by atoms with Crippen LogP contribution in [0, 0.1) is 0 Å². The number of hydrogen-bond donors (Lipinski definition) is 1. The zero-order valence-corrected chi connectivity index (χ0v) is 7.53. The second-order valence-corrected chi connectivity index (χ2v) is 2.33. The number of ether oxygens (including phenoxy) is 2. The first-order valence-corrected chi connectivity index (χ1v) is 3.74. The van der Waals surface area contributed by atoms with Gasteiger partial charge < -0.3 is 14.8 Å². The number of nitrogens with one attached hydrogen (secondary N) is 1. The van der Waals surface area contributed by atoms with Crippen molar-refractivity contribution in [2.75, 3.05) is 19.5 Å². The average Bonchev–Trinajstić information content (AvgIpc) is 2.19. The maximum atomic E-state index is 10.2. The Morgan fingerprint density at radius 2 is 2.08 bits per heavy atom. The highest BCUT2D eigenvalue weighted by Gasteiger charge is 2.02. The van der Waals surface area contributed by atoms with E-state index in [2.05, 4.69) is 5.32 Å². The molecule has 4 heteroatoms. The van der Waals surface area contributed by atoms with Crippen molar-refractivity contribution in [1.29, 1.82) is 0 Å². The highest BCUT2D eigenvalue weighted by molar-refractivity contribution is 5.75. The van der Waals surface area contributed by atoms with Crippen LogP contribution in [-0.4, -0.2) is 20.6 Å². The fourth-order valence-corrected chi connectivity index (χ4v) is 0.981. The van der Waals surface area contributed by atoms with Crippen LogP contribution in [0.3, 0.4) is 0 Å². The fourth-order valence-electron chi connectivity index (χ4n) is 0.981. The summed E-state index contributed by atoms with van der Waals surface area (Å²) in [5.41, 5.74) is 0.623. The average molecular weight is 181 g/mol. The SMILES string of the molecule is COc1ccc(NC=O)c(OC)c1. The van der Waals surface area contributed by atoms with Crippen LogP contribution >= 0.6 is 0 Å². The van der Waals surface area contributed by atoms with Gasteiger partial charge in [-0.1, -0.05) is 0 Å². The lowest BCUT2D eigenvalue weighted by Gasteiger charge is -2.08. The van der Waals surface area contributed by atoms with Gasteiger partial charge in [0.15, 0.2) is 0 Å². The van der Waals surface area contributed by atoms with Crippen LogP contribution in [0.25, 0.3) is 0 Å². The Morgan fingerprint density at radius 3 is 2.62 bits per heavy atom. The van der Waals surface area contributed by atoms with Crippen molar-refractivity contribution in [3.05, 3.63) is 18.2 Å². The van der Waals surface area contributed by atoms with E-state index in [0.717, 1.165) is 0 Å². The summed E-state index contributed by atoms with van der Waals surface area (Å²) in [6, 6.07) is 5.16. The Hall–Kier alpha value is -1.71. The Kier molecular flexibility index (Phi) is 3.14. The molecule has 0 aromatic heterocycles. The van der Waals surface area contributed by atoms with Crippen LogP contribution < -0.4 is 14.8 Å². The van der Waals surface area contributed by atoms with E-state index in [1.807, 2.05) is 0 Å². The molecule has 13 heavy (non-hydrogen) atoms. The second kappa shape index (κ2) is 4.35. The van der Waals surface area contributed by atoms with Crippen LogP contribution in [0.4, 0.5) is 5.69 Å². The minimum Gasteiger partial charge on any atom is -0.497 e. The number of anilines is 1. The first-order valence-electron chi connectivity index (χ1n) is 3.74. The van der Waals surface area contributed by atoms with E-state index >= 15 is 0 Å². The molecule has 0 heterocycles. The molecule has 0 unspecified atom stereocenters. The molecular weight excluding hydrogens is 170 g/mol. The maximum absolute atomic E-state index is 10.2. The molecule has 0 fully saturated rings. The molecular formula is C9H11NO3. The summed E-state index contributed by atoms with van der Waals surface area (Å²) >= 11 is 0. The zero-order chi connectivity index (χ0) is 9.68. The fraction of sp³-hybridized carbons (Fsp3) is 0.222. The van der Waals surface area contributed by atoms with Gasteiger partial charge in [0.25, 0.3) is 0 Å². The molecule has 1 N–H and O–H groups in total. The minimum atomic E-state index is 0.575. The van der Waals surface area contributed by atoms with E-state index in [0.29, 0.717) is 23.6 Å². The molecule has 1 aromatic rings. The van der Waals surface area contributed by atoms with Crippen molar-refractivity contribution in [2.45, 2.75) is 0 Å². The Labute approximate surface area is 76.5 Å². The molecule has 0 aliphatic heterocycles. The van der Waals surface area contributed by atoms with E-state index in [1.165, 1.54) is 7.11 Å². The van der Waals surface area contributed by atoms with Gasteiger partial charge in [-0.25, -0.2) is 0 Å². The summed E-state index contributed by atoms with van der Waals surface area (Å²) in [5.74, 6) is 1.26. The topological polar surface area (TPSA) is 47.6 Å². The van der Waals surface area contributed by atoms with Gasteiger partial charge in [-0.05, 0) is 12.1 Å². The van der Waals surface area contributed by atoms with Crippen molar-refractivity contribution in [2.24, 2.45) is 0 Å². The van der Waals surface area contributed by atoms with E-state index in [9.17, 15) is 4.79 Å². The van der Waals surface area contributed by atoms with Gasteiger partial charge in [-0.3, -0.25) is 4.79 Å². The number of methoxy groups -OCH3 is 2. The van der Waals surface area contributed by atoms with Crippen LogP contribution in [-0.2, 0) is 4.79 Å². The van der Waals surface area contributed by atoms with Crippen molar-refractivity contribution in [3.63, 3.8) is 0 Å². The highest BCUT2D eigenvalue weighted by atomic mass is 16.5. The molecule has 0 radical (unpaired) electrons. The molecule has 1 amide bonds. The molecule has 4 nitrogen and oxygen atoms in total. The molecule has 0 bridgehead atoms. The summed E-state index contributed by atoms with van der Waals surface area (Å²) < 4.78 is 10.0. The molecule has 0 saturated carbocycles. The first-order chi connectivity index (χ1) is 6.31. The summed E-state index contributed by atoms with van der Waals surface area (Å²) in [5, 5.41) is 2.52. The van der Waals surface area contributed by atoms with E-state index in [-0.39, 0.29) is 0 Å². The smallest absolute Gasteiger partial charge is 0.211 e. The summed E-state index contributed by atoms with van der Waals surface area (Å²) in [4.78, 5) is 10.2. The normalized spacial score (nSPS) is 9.08. The molecule has 0 aliphatic carbocycles. The number of hydrogen-bond acceptors (Lipinski definition) is 3. The van der Waals surface area contributed by atoms with Gasteiger partial charge in [0.1, 0.15) is 11.5 Å². The maximum Gasteiger partial charge on any atom is 0.211 e. The molecule has 0 aliphatic rings. The van der Waals surface area contributed by atoms with Crippen molar-refractivity contribution in [3.8, 4) is 11.5 Å². The lowest BCUT2D eigenvalue weighted by molar-refractivity contribution is -0.105. The van der Waals surface area contributed by atoms with Gasteiger partial charge >= 0.3 is 0 Å². The predicted molar refractivity (Wildman–Crippen MR) is 49.2 cm³/mol. The largest absolute Gasteiger partial charge is 0.497 e. The van der Waals surface area contributed by atoms with Gasteiger partial charge in [0.2, 0.25) is 6.41 Å². The molecule has 70 valence electrons. The number of amides is 1. The monoisotopic (exact) mass is 181 g/mol. The molecule has 0 spiro atoms. The molecule has 0 atom stereocenters. The van der Waals surface area contributed by atoms with Gasteiger partial charge in [-0.2, -0.15) is 0 Å². The first kappa shape index (κ1) is 9.38. The quantitative estimate of drug-likeness (QED) is 0.711. The third kappa shape index (κ3) is 2.11. The summed E-state index contributed by atoms with van der Waals surface area (Å²) in [6.07, 6.45) is 0.602. The van der Waals surface area contributed by atoms with Crippen LogP contribution in [0.5, 0.6) is 11.5 Å². The summed E-state index contributed by atoms with van der Waals surface area (Å²) in [6.45, 7) is 0. The standard InChI is InChI=1S/C9H11NO3/c1-12-7-3-4-8(10-6-11)9(5-7)13-2/h3-6H,1-2H3,(H,10,11). The minimum absolute atomic E-state index is 0.575. The number of rotatable bonds is 4. The molecule has 0 saturated heterocycles. The Balaban J connectivity index is 3.00. The molecule has 1 rings (SSSR count). The third-order valence-corrected chi connectivity index (χ3v) is 1.62. The van der Waals surface area contributed by atoms with Crippen LogP contribution in [0.2, 0.25) is 0 Å². The lowest BCUT2D eigenvalue weighted by Crippen LogP contribution is -1.97. The lowest BCUT2D eigenvalue weighted by atomic mass is 10.3. The molecule has 1 aromatic carbocycles. The second-order valence-electron chi connectivity index (χ2n) is 2.33. The zero-order valence-electron chi connectivity index (χ0n) is 7.53. The van der Waals surface area contributed by atoms with E-state index < -0.39 is 0 Å². The van der Waals surface area contributed by atoms with Crippen LogP contribution in [0.15, 0.2) is 18.2 Å². The van der Waals surface area contributed by atoms with Crippen molar-refractivity contribution in [1.82, 2.24) is 0 Å². The van der Waals surface area contributed by atoms with Gasteiger partial charge in [-0.15, -0.1) is 0 Å². The van der Waals surface area contributed by atoms with Crippen molar-refractivity contribution < 1.29 is 14.3 Å². The van der Waals surface area contributed by atoms with E-state index in [1.54, 1.807) is 25.3 Å². The Morgan fingerprint density at radius 1 is 1.31 bits per heavy atom. The van der Waals surface area contributed by atoms with Gasteiger partial charge in [0.05, 0.1) is 19.9 Å². The predicted octanol–water partition coefficient (Wildman–Crippen LogP) is 1.27. The van der Waals surface area contributed by atoms with Crippen LogP contribution in [0.1, 0.15) is 0 Å². The van der Waals surface area contributed by atoms with Crippen molar-refractivity contribution >= 4 is 12.1 Å². The Bertz CT molecular complexity index is 299. The number of carbonyl (C=O) groups is 1. The number of carbonyl (C=O) groups excluding carboxylic acids is 1.